The number of hydrogen-bond acceptors (Lipinski definition) is 3. The van der Waals surface area contributed by atoms with Crippen LogP contribution in [0.15, 0.2) is 0 Å². The normalized spacial score (nSPS) is 29.6. The van der Waals surface area contributed by atoms with Crippen LogP contribution in [0.2, 0.25) is 0 Å². The van der Waals surface area contributed by atoms with Crippen molar-refractivity contribution < 1.29 is 4.74 Å². The van der Waals surface area contributed by atoms with Gasteiger partial charge in [-0.3, -0.25) is 5.32 Å². The van der Waals surface area contributed by atoms with Crippen LogP contribution in [0.1, 0.15) is 51.9 Å². The minimum absolute atomic E-state index is 0.291. The Balaban J connectivity index is 2.47. The summed E-state index contributed by atoms with van der Waals surface area (Å²) in [5, 5.41) is 12.8. The summed E-state index contributed by atoms with van der Waals surface area (Å²) in [4.78, 5) is 0. The SMILES string of the molecule is CCCC1CCCC(C#N)(NCCOC)CC1. The molecule has 0 amide bonds. The minimum atomic E-state index is -0.291. The summed E-state index contributed by atoms with van der Waals surface area (Å²) < 4.78 is 5.04. The molecule has 0 bridgehead atoms. The Hall–Kier alpha value is -0.590. The molecule has 2 unspecified atom stereocenters. The van der Waals surface area contributed by atoms with Crippen molar-refractivity contribution in [2.75, 3.05) is 20.3 Å². The minimum Gasteiger partial charge on any atom is -0.383 e. The zero-order chi connectivity index (χ0) is 12.6. The molecule has 0 saturated heterocycles. The van der Waals surface area contributed by atoms with Crippen molar-refractivity contribution in [2.24, 2.45) is 5.92 Å². The average molecular weight is 238 g/mol. The third-order valence-corrected chi connectivity index (χ3v) is 3.88. The van der Waals surface area contributed by atoms with E-state index >= 15 is 0 Å². The van der Waals surface area contributed by atoms with Crippen molar-refractivity contribution in [1.29, 1.82) is 5.26 Å². The molecule has 1 fully saturated rings. The molecule has 1 N–H and O–H groups in total. The van der Waals surface area contributed by atoms with Gasteiger partial charge in [-0.15, -0.1) is 0 Å². The lowest BCUT2D eigenvalue weighted by Gasteiger charge is -2.26. The fourth-order valence-electron chi connectivity index (χ4n) is 2.83. The lowest BCUT2D eigenvalue weighted by Crippen LogP contribution is -2.45. The fourth-order valence-corrected chi connectivity index (χ4v) is 2.83. The molecular weight excluding hydrogens is 212 g/mol. The summed E-state index contributed by atoms with van der Waals surface area (Å²) in [7, 11) is 1.70. The first-order valence-electron chi connectivity index (χ1n) is 6.91. The molecule has 0 aliphatic heterocycles. The number of hydrogen-bond donors (Lipinski definition) is 1. The maximum Gasteiger partial charge on any atom is 0.106 e. The van der Waals surface area contributed by atoms with Crippen LogP contribution in [0.3, 0.4) is 0 Å². The maximum absolute atomic E-state index is 9.43. The molecule has 3 nitrogen and oxygen atoms in total. The summed E-state index contributed by atoms with van der Waals surface area (Å²) in [6.45, 7) is 3.71. The Bertz CT molecular complexity index is 249. The summed E-state index contributed by atoms with van der Waals surface area (Å²) in [6.07, 6.45) is 8.25. The average Bonchev–Trinajstić information content (AvgIpc) is 2.54. The van der Waals surface area contributed by atoms with Gasteiger partial charge in [0.05, 0.1) is 12.7 Å². The molecule has 1 rings (SSSR count). The standard InChI is InChI=1S/C14H26N2O/c1-3-5-13-6-4-8-14(12-15,9-7-13)16-10-11-17-2/h13,16H,3-11H2,1-2H3. The lowest BCUT2D eigenvalue weighted by atomic mass is 9.90. The van der Waals surface area contributed by atoms with Crippen LogP contribution < -0.4 is 5.32 Å². The molecule has 0 aromatic carbocycles. The van der Waals surface area contributed by atoms with Crippen molar-refractivity contribution in [3.05, 3.63) is 0 Å². The Morgan fingerprint density at radius 1 is 1.41 bits per heavy atom. The van der Waals surface area contributed by atoms with E-state index in [0.29, 0.717) is 6.61 Å². The molecule has 1 aliphatic carbocycles. The van der Waals surface area contributed by atoms with E-state index in [9.17, 15) is 5.26 Å². The molecular formula is C14H26N2O. The summed E-state index contributed by atoms with van der Waals surface area (Å²) in [5.41, 5.74) is -0.291. The van der Waals surface area contributed by atoms with Crippen molar-refractivity contribution in [3.8, 4) is 6.07 Å². The Morgan fingerprint density at radius 2 is 2.24 bits per heavy atom. The van der Waals surface area contributed by atoms with E-state index in [1.54, 1.807) is 7.11 Å². The first kappa shape index (κ1) is 14.5. The second kappa shape index (κ2) is 7.68. The largest absolute Gasteiger partial charge is 0.383 e. The number of rotatable bonds is 6. The molecule has 0 radical (unpaired) electrons. The van der Waals surface area contributed by atoms with E-state index in [1.165, 1.54) is 32.1 Å². The summed E-state index contributed by atoms with van der Waals surface area (Å²) in [6, 6.07) is 2.51. The van der Waals surface area contributed by atoms with Gasteiger partial charge in [-0.1, -0.05) is 32.6 Å². The van der Waals surface area contributed by atoms with E-state index in [2.05, 4.69) is 18.3 Å². The molecule has 17 heavy (non-hydrogen) atoms. The van der Waals surface area contributed by atoms with Crippen molar-refractivity contribution in [1.82, 2.24) is 5.32 Å². The number of nitrogens with zero attached hydrogens (tertiary/aromatic N) is 1. The zero-order valence-electron chi connectivity index (χ0n) is 11.3. The first-order chi connectivity index (χ1) is 8.26. The van der Waals surface area contributed by atoms with Crippen molar-refractivity contribution in [2.45, 2.75) is 57.4 Å². The lowest BCUT2D eigenvalue weighted by molar-refractivity contribution is 0.188. The van der Waals surface area contributed by atoms with Gasteiger partial charge in [0.2, 0.25) is 0 Å². The van der Waals surface area contributed by atoms with Gasteiger partial charge in [-0.25, -0.2) is 0 Å². The van der Waals surface area contributed by atoms with Gasteiger partial charge in [0.25, 0.3) is 0 Å². The Labute approximate surface area is 106 Å². The number of nitrogens with one attached hydrogen (secondary N) is 1. The van der Waals surface area contributed by atoms with Gasteiger partial charge < -0.3 is 4.74 Å². The quantitative estimate of drug-likeness (QED) is 0.571. The van der Waals surface area contributed by atoms with Crippen molar-refractivity contribution >= 4 is 0 Å². The third-order valence-electron chi connectivity index (χ3n) is 3.88. The van der Waals surface area contributed by atoms with Gasteiger partial charge >= 0.3 is 0 Å². The van der Waals surface area contributed by atoms with Crippen LogP contribution in [-0.2, 0) is 4.74 Å². The van der Waals surface area contributed by atoms with E-state index < -0.39 is 0 Å². The zero-order valence-corrected chi connectivity index (χ0v) is 11.3. The topological polar surface area (TPSA) is 45.0 Å². The van der Waals surface area contributed by atoms with E-state index in [-0.39, 0.29) is 5.54 Å². The maximum atomic E-state index is 9.43. The van der Waals surface area contributed by atoms with E-state index in [4.69, 9.17) is 4.74 Å². The summed E-state index contributed by atoms with van der Waals surface area (Å²) >= 11 is 0. The van der Waals surface area contributed by atoms with Gasteiger partial charge in [-0.2, -0.15) is 5.26 Å². The second-order valence-electron chi connectivity index (χ2n) is 5.20. The molecule has 98 valence electrons. The number of ether oxygens (including phenoxy) is 1. The van der Waals surface area contributed by atoms with Gasteiger partial charge in [0.1, 0.15) is 5.54 Å². The fraction of sp³-hybridized carbons (Fsp3) is 0.929. The first-order valence-corrected chi connectivity index (χ1v) is 6.91. The Morgan fingerprint density at radius 3 is 2.88 bits per heavy atom. The molecule has 0 aromatic rings. The Kier molecular flexibility index (Phi) is 6.54. The monoisotopic (exact) mass is 238 g/mol. The number of nitriles is 1. The van der Waals surface area contributed by atoms with E-state index in [1.807, 2.05) is 0 Å². The molecule has 2 atom stereocenters. The third kappa shape index (κ3) is 4.65. The number of methoxy groups -OCH3 is 1. The second-order valence-corrected chi connectivity index (χ2v) is 5.20. The van der Waals surface area contributed by atoms with Crippen LogP contribution in [0.5, 0.6) is 0 Å². The molecule has 1 saturated carbocycles. The highest BCUT2D eigenvalue weighted by Gasteiger charge is 2.32. The van der Waals surface area contributed by atoms with Gasteiger partial charge in [0, 0.05) is 13.7 Å². The smallest absolute Gasteiger partial charge is 0.106 e. The van der Waals surface area contributed by atoms with Crippen molar-refractivity contribution in [3.63, 3.8) is 0 Å². The molecule has 1 aliphatic rings. The molecule has 0 aromatic heterocycles. The summed E-state index contributed by atoms with van der Waals surface area (Å²) in [5.74, 6) is 0.833. The highest BCUT2D eigenvalue weighted by Crippen LogP contribution is 2.32. The molecule has 0 heterocycles. The highest BCUT2D eigenvalue weighted by atomic mass is 16.5. The van der Waals surface area contributed by atoms with E-state index in [0.717, 1.165) is 25.3 Å². The van der Waals surface area contributed by atoms with Crippen LogP contribution in [0.25, 0.3) is 0 Å². The van der Waals surface area contributed by atoms with Crippen LogP contribution >= 0.6 is 0 Å². The van der Waals surface area contributed by atoms with Gasteiger partial charge in [-0.05, 0) is 25.2 Å². The van der Waals surface area contributed by atoms with Crippen LogP contribution in [-0.4, -0.2) is 25.8 Å². The predicted octanol–water partition coefficient (Wildman–Crippen LogP) is 2.87. The van der Waals surface area contributed by atoms with Gasteiger partial charge in [0.15, 0.2) is 0 Å². The van der Waals surface area contributed by atoms with Crippen LogP contribution in [0, 0.1) is 17.2 Å². The predicted molar refractivity (Wildman–Crippen MR) is 69.7 cm³/mol. The molecule has 0 spiro atoms. The molecule has 3 heteroatoms. The highest BCUT2D eigenvalue weighted by molar-refractivity contribution is 5.08. The van der Waals surface area contributed by atoms with Crippen LogP contribution in [0.4, 0.5) is 0 Å².